The van der Waals surface area contributed by atoms with Gasteiger partial charge in [-0.25, -0.2) is 9.97 Å². The Labute approximate surface area is 152 Å². The summed E-state index contributed by atoms with van der Waals surface area (Å²) < 4.78 is 0. The molecule has 1 N–H and O–H groups in total. The zero-order valence-electron chi connectivity index (χ0n) is 14.7. The molecule has 0 radical (unpaired) electrons. The van der Waals surface area contributed by atoms with E-state index < -0.39 is 0 Å². The zero-order chi connectivity index (χ0) is 18.0. The molecule has 3 rings (SSSR count). The lowest BCUT2D eigenvalue weighted by Gasteiger charge is -2.36. The maximum Gasteiger partial charge on any atom is 0.219 e. The highest BCUT2D eigenvalue weighted by Gasteiger charge is 2.29. The van der Waals surface area contributed by atoms with E-state index in [-0.39, 0.29) is 17.9 Å². The first-order valence-corrected chi connectivity index (χ1v) is 8.80. The molecule has 1 aliphatic rings. The van der Waals surface area contributed by atoms with Crippen molar-refractivity contribution in [1.82, 2.24) is 19.9 Å². The molecule has 132 valence electrons. The Bertz CT molecular complexity index is 782. The van der Waals surface area contributed by atoms with Gasteiger partial charge < -0.3 is 10.2 Å². The molecule has 0 unspecified atom stereocenters. The molecule has 1 amide bonds. The van der Waals surface area contributed by atoms with Crippen molar-refractivity contribution in [3.63, 3.8) is 0 Å². The van der Waals surface area contributed by atoms with Crippen LogP contribution in [0.5, 0.6) is 0 Å². The van der Waals surface area contributed by atoms with Crippen LogP contribution in [0.4, 0.5) is 11.5 Å². The van der Waals surface area contributed by atoms with Crippen molar-refractivity contribution in [2.24, 2.45) is 0 Å². The number of amides is 1. The number of likely N-dealkylation sites (tertiary alicyclic amines) is 1. The van der Waals surface area contributed by atoms with E-state index in [2.05, 4.69) is 27.2 Å². The van der Waals surface area contributed by atoms with Gasteiger partial charge in [-0.05, 0) is 38.3 Å². The smallest absolute Gasteiger partial charge is 0.219 e. The van der Waals surface area contributed by atoms with E-state index >= 15 is 0 Å². The standard InChI is InChI=1S/C18H22ClN5O/c1-11-6-15(9-20-8-11)21-17-7-16(19)22-18(23-17)14-5-4-12(2)24(10-14)13(3)25/h6-9,12,14H,4-5,10H2,1-3H3,(H,21,22,23)/t12-,14+/m0/s1. The lowest BCUT2D eigenvalue weighted by Crippen LogP contribution is -2.44. The van der Waals surface area contributed by atoms with Crippen molar-refractivity contribution in [3.8, 4) is 0 Å². The molecule has 2 atom stereocenters. The molecule has 0 bridgehead atoms. The Morgan fingerprint density at radius 2 is 2.08 bits per heavy atom. The number of rotatable bonds is 3. The van der Waals surface area contributed by atoms with Gasteiger partial charge in [-0.15, -0.1) is 0 Å². The van der Waals surface area contributed by atoms with Gasteiger partial charge in [-0.2, -0.15) is 0 Å². The van der Waals surface area contributed by atoms with Crippen LogP contribution in [0.15, 0.2) is 24.5 Å². The fraction of sp³-hybridized carbons (Fsp3) is 0.444. The predicted molar refractivity (Wildman–Crippen MR) is 98.1 cm³/mol. The predicted octanol–water partition coefficient (Wildman–Crippen LogP) is 3.69. The van der Waals surface area contributed by atoms with Gasteiger partial charge in [0.05, 0.1) is 11.9 Å². The number of pyridine rings is 1. The number of anilines is 2. The largest absolute Gasteiger partial charge is 0.340 e. The lowest BCUT2D eigenvalue weighted by atomic mass is 9.92. The van der Waals surface area contributed by atoms with Crippen molar-refractivity contribution in [2.75, 3.05) is 11.9 Å². The SMILES string of the molecule is CC(=O)N1C[C@H](c2nc(Cl)cc(Nc3cncc(C)c3)n2)CC[C@@H]1C. The van der Waals surface area contributed by atoms with Crippen molar-refractivity contribution >= 4 is 29.0 Å². The number of piperidine rings is 1. The van der Waals surface area contributed by atoms with Gasteiger partial charge >= 0.3 is 0 Å². The van der Waals surface area contributed by atoms with E-state index in [4.69, 9.17) is 11.6 Å². The van der Waals surface area contributed by atoms with Crippen molar-refractivity contribution in [2.45, 2.75) is 45.6 Å². The summed E-state index contributed by atoms with van der Waals surface area (Å²) in [5.41, 5.74) is 1.91. The number of halogens is 1. The van der Waals surface area contributed by atoms with Crippen LogP contribution in [0.2, 0.25) is 5.15 Å². The number of carbonyl (C=O) groups is 1. The molecule has 3 heterocycles. The molecule has 0 spiro atoms. The second kappa shape index (κ2) is 7.35. The molecule has 1 fully saturated rings. The number of nitrogens with zero attached hydrogens (tertiary/aromatic N) is 4. The van der Waals surface area contributed by atoms with Crippen LogP contribution < -0.4 is 5.32 Å². The molecule has 0 aromatic carbocycles. The van der Waals surface area contributed by atoms with E-state index in [1.54, 1.807) is 25.4 Å². The maximum atomic E-state index is 11.8. The summed E-state index contributed by atoms with van der Waals surface area (Å²) in [6, 6.07) is 3.94. The minimum Gasteiger partial charge on any atom is -0.340 e. The third kappa shape index (κ3) is 4.25. The third-order valence-electron chi connectivity index (χ3n) is 4.51. The number of carbonyl (C=O) groups excluding carboxylic acids is 1. The first-order valence-electron chi connectivity index (χ1n) is 8.42. The first-order chi connectivity index (χ1) is 11.9. The molecule has 25 heavy (non-hydrogen) atoms. The summed E-state index contributed by atoms with van der Waals surface area (Å²) in [7, 11) is 0. The topological polar surface area (TPSA) is 71.0 Å². The summed E-state index contributed by atoms with van der Waals surface area (Å²) in [4.78, 5) is 26.9. The quantitative estimate of drug-likeness (QED) is 0.846. The van der Waals surface area contributed by atoms with Crippen LogP contribution in [-0.4, -0.2) is 38.3 Å². The third-order valence-corrected chi connectivity index (χ3v) is 4.70. The number of aromatic nitrogens is 3. The Hall–Kier alpha value is -2.21. The van der Waals surface area contributed by atoms with Crippen LogP contribution in [0.25, 0.3) is 0 Å². The van der Waals surface area contributed by atoms with Gasteiger partial charge in [0, 0.05) is 37.7 Å². The highest BCUT2D eigenvalue weighted by molar-refractivity contribution is 6.29. The molecule has 1 saturated heterocycles. The van der Waals surface area contributed by atoms with Crippen molar-refractivity contribution < 1.29 is 4.79 Å². The zero-order valence-corrected chi connectivity index (χ0v) is 15.4. The lowest BCUT2D eigenvalue weighted by molar-refractivity contribution is -0.132. The normalized spacial score (nSPS) is 20.4. The number of hydrogen-bond acceptors (Lipinski definition) is 5. The van der Waals surface area contributed by atoms with Gasteiger partial charge in [0.2, 0.25) is 5.91 Å². The summed E-state index contributed by atoms with van der Waals surface area (Å²) in [6.45, 7) is 6.29. The fourth-order valence-electron chi connectivity index (χ4n) is 3.21. The molecule has 7 heteroatoms. The van der Waals surface area contributed by atoms with Gasteiger partial charge in [0.25, 0.3) is 0 Å². The van der Waals surface area contributed by atoms with E-state index in [9.17, 15) is 4.79 Å². The van der Waals surface area contributed by atoms with Crippen LogP contribution in [0.1, 0.15) is 44.0 Å². The Balaban J connectivity index is 1.83. The monoisotopic (exact) mass is 359 g/mol. The van der Waals surface area contributed by atoms with Crippen molar-refractivity contribution in [1.29, 1.82) is 0 Å². The minimum absolute atomic E-state index is 0.0865. The number of aryl methyl sites for hydroxylation is 1. The molecule has 0 saturated carbocycles. The fourth-order valence-corrected chi connectivity index (χ4v) is 3.40. The van der Waals surface area contributed by atoms with Gasteiger partial charge in [0.1, 0.15) is 16.8 Å². The highest BCUT2D eigenvalue weighted by atomic mass is 35.5. The Morgan fingerprint density at radius 3 is 2.80 bits per heavy atom. The van der Waals surface area contributed by atoms with E-state index in [0.717, 1.165) is 24.1 Å². The van der Waals surface area contributed by atoms with Gasteiger partial charge in [-0.1, -0.05) is 11.6 Å². The molecular formula is C18H22ClN5O. The van der Waals surface area contributed by atoms with Crippen molar-refractivity contribution in [3.05, 3.63) is 41.1 Å². The van der Waals surface area contributed by atoms with E-state index in [1.807, 2.05) is 17.9 Å². The van der Waals surface area contributed by atoms with Crippen LogP contribution in [0.3, 0.4) is 0 Å². The Morgan fingerprint density at radius 1 is 1.28 bits per heavy atom. The molecule has 2 aromatic heterocycles. The van der Waals surface area contributed by atoms with Gasteiger partial charge in [0.15, 0.2) is 0 Å². The number of nitrogens with one attached hydrogen (secondary N) is 1. The minimum atomic E-state index is 0.0865. The summed E-state index contributed by atoms with van der Waals surface area (Å²) in [5.74, 6) is 1.49. The van der Waals surface area contributed by atoms with Crippen LogP contribution in [0, 0.1) is 6.92 Å². The molecule has 2 aromatic rings. The Kier molecular flexibility index (Phi) is 5.18. The highest BCUT2D eigenvalue weighted by Crippen LogP contribution is 2.30. The van der Waals surface area contributed by atoms with Gasteiger partial charge in [-0.3, -0.25) is 9.78 Å². The average molecular weight is 360 g/mol. The summed E-state index contributed by atoms with van der Waals surface area (Å²) in [6.07, 6.45) is 5.41. The number of hydrogen-bond donors (Lipinski definition) is 1. The van der Waals surface area contributed by atoms with Crippen LogP contribution in [-0.2, 0) is 4.79 Å². The molecule has 0 aliphatic carbocycles. The second-order valence-electron chi connectivity index (χ2n) is 6.60. The molecule has 1 aliphatic heterocycles. The molecule has 6 nitrogen and oxygen atoms in total. The summed E-state index contributed by atoms with van der Waals surface area (Å²) in [5, 5.41) is 3.62. The van der Waals surface area contributed by atoms with E-state index in [1.165, 1.54) is 0 Å². The summed E-state index contributed by atoms with van der Waals surface area (Å²) >= 11 is 6.21. The first kappa shape index (κ1) is 17.6. The average Bonchev–Trinajstić information content (AvgIpc) is 2.54. The maximum absolute atomic E-state index is 11.8. The second-order valence-corrected chi connectivity index (χ2v) is 6.99. The van der Waals surface area contributed by atoms with E-state index in [0.29, 0.717) is 23.3 Å². The molecular weight excluding hydrogens is 338 g/mol. The van der Waals surface area contributed by atoms with Crippen LogP contribution >= 0.6 is 11.6 Å².